The van der Waals surface area contributed by atoms with Crippen molar-refractivity contribution in [1.82, 2.24) is 4.98 Å². The maximum Gasteiger partial charge on any atom is 0.433 e. The van der Waals surface area contributed by atoms with E-state index in [0.717, 1.165) is 6.07 Å². The second-order valence-electron chi connectivity index (χ2n) is 3.79. The van der Waals surface area contributed by atoms with Gasteiger partial charge in [-0.2, -0.15) is 13.2 Å². The smallest absolute Gasteiger partial charge is 0.237 e. The minimum atomic E-state index is -4.48. The Labute approximate surface area is 141 Å². The molecule has 0 bridgehead atoms. The van der Waals surface area contributed by atoms with Crippen molar-refractivity contribution in [2.45, 2.75) is 6.18 Å². The molecular formula is C12H4Cl3F3IN. The molecule has 0 aliphatic rings. The van der Waals surface area contributed by atoms with Gasteiger partial charge in [-0.3, -0.25) is 0 Å². The van der Waals surface area contributed by atoms with Gasteiger partial charge < -0.3 is 0 Å². The zero-order valence-corrected chi connectivity index (χ0v) is 13.8. The Morgan fingerprint density at radius 3 is 2.00 bits per heavy atom. The van der Waals surface area contributed by atoms with Gasteiger partial charge in [0, 0.05) is 5.56 Å². The van der Waals surface area contributed by atoms with Gasteiger partial charge in [0.25, 0.3) is 0 Å². The Morgan fingerprint density at radius 1 is 1.00 bits per heavy atom. The number of pyridine rings is 1. The van der Waals surface area contributed by atoms with Crippen LogP contribution in [-0.4, -0.2) is 4.98 Å². The molecule has 1 nitrogen and oxygen atoms in total. The third-order valence-corrected chi connectivity index (χ3v) is 4.45. The molecule has 0 radical (unpaired) electrons. The topological polar surface area (TPSA) is 12.9 Å². The molecule has 0 saturated heterocycles. The van der Waals surface area contributed by atoms with E-state index in [1.807, 2.05) is 0 Å². The molecule has 0 spiro atoms. The zero-order chi connectivity index (χ0) is 15.1. The van der Waals surface area contributed by atoms with Crippen LogP contribution < -0.4 is 0 Å². The Kier molecular flexibility index (Phi) is 4.73. The van der Waals surface area contributed by atoms with E-state index in [4.69, 9.17) is 34.8 Å². The van der Waals surface area contributed by atoms with E-state index in [1.54, 1.807) is 22.6 Å². The minimum absolute atomic E-state index is 0.201. The van der Waals surface area contributed by atoms with Crippen molar-refractivity contribution in [2.24, 2.45) is 0 Å². The molecule has 2 aromatic rings. The van der Waals surface area contributed by atoms with Crippen molar-refractivity contribution >= 4 is 57.4 Å². The monoisotopic (exact) mass is 451 g/mol. The first-order valence-corrected chi connectivity index (χ1v) is 7.30. The van der Waals surface area contributed by atoms with Crippen LogP contribution in [0.1, 0.15) is 5.69 Å². The van der Waals surface area contributed by atoms with Crippen molar-refractivity contribution in [2.75, 3.05) is 0 Å². The summed E-state index contributed by atoms with van der Waals surface area (Å²) >= 11 is 19.4. The second kappa shape index (κ2) is 5.87. The van der Waals surface area contributed by atoms with Gasteiger partial charge in [-0.25, -0.2) is 4.98 Å². The molecular weight excluding hydrogens is 448 g/mol. The molecule has 0 atom stereocenters. The highest BCUT2D eigenvalue weighted by molar-refractivity contribution is 14.1. The lowest BCUT2D eigenvalue weighted by Gasteiger charge is -2.10. The average molecular weight is 452 g/mol. The van der Waals surface area contributed by atoms with E-state index in [2.05, 4.69) is 4.98 Å². The molecule has 106 valence electrons. The number of nitrogens with zero attached hydrogens (tertiary/aromatic N) is 1. The van der Waals surface area contributed by atoms with E-state index in [-0.39, 0.29) is 18.8 Å². The summed E-state index contributed by atoms with van der Waals surface area (Å²) in [5, 5.41) is 0.654. The molecule has 20 heavy (non-hydrogen) atoms. The lowest BCUT2D eigenvalue weighted by Crippen LogP contribution is -2.08. The molecule has 0 amide bonds. The SMILES string of the molecule is FC(F)(F)c1ccc(-c2cc(Cl)c(Cl)c(Cl)c2)c(I)n1. The molecule has 0 fully saturated rings. The number of hydrogen-bond donors (Lipinski definition) is 0. The highest BCUT2D eigenvalue weighted by atomic mass is 127. The van der Waals surface area contributed by atoms with Crippen LogP contribution in [0.4, 0.5) is 13.2 Å². The van der Waals surface area contributed by atoms with Crippen molar-refractivity contribution in [3.05, 3.63) is 48.7 Å². The second-order valence-corrected chi connectivity index (χ2v) is 6.00. The standard InChI is InChI=1S/C12H4Cl3F3IN/c13-7-3-5(4-8(14)10(7)15)6-1-2-9(12(16,17)18)20-11(6)19/h1-4H. The van der Waals surface area contributed by atoms with E-state index >= 15 is 0 Å². The lowest BCUT2D eigenvalue weighted by atomic mass is 10.1. The van der Waals surface area contributed by atoms with E-state index < -0.39 is 11.9 Å². The molecule has 2 rings (SSSR count). The fraction of sp³-hybridized carbons (Fsp3) is 0.0833. The van der Waals surface area contributed by atoms with Crippen LogP contribution in [-0.2, 0) is 6.18 Å². The van der Waals surface area contributed by atoms with Gasteiger partial charge in [0.05, 0.1) is 15.1 Å². The van der Waals surface area contributed by atoms with Crippen LogP contribution in [0.15, 0.2) is 24.3 Å². The predicted octanol–water partition coefficient (Wildman–Crippen LogP) is 6.33. The zero-order valence-electron chi connectivity index (χ0n) is 9.40. The predicted molar refractivity (Wildman–Crippen MR) is 82.4 cm³/mol. The van der Waals surface area contributed by atoms with Gasteiger partial charge in [-0.05, 0) is 52.4 Å². The summed E-state index contributed by atoms with van der Waals surface area (Å²) in [6.45, 7) is 0. The van der Waals surface area contributed by atoms with Crippen LogP contribution >= 0.6 is 57.4 Å². The average Bonchev–Trinajstić information content (AvgIpc) is 2.34. The number of alkyl halides is 3. The molecule has 1 heterocycles. The van der Waals surface area contributed by atoms with Gasteiger partial charge in [0.1, 0.15) is 9.39 Å². The number of aromatic nitrogens is 1. The molecule has 1 aromatic heterocycles. The number of hydrogen-bond acceptors (Lipinski definition) is 1. The fourth-order valence-electron chi connectivity index (χ4n) is 1.52. The van der Waals surface area contributed by atoms with Gasteiger partial charge in [0.2, 0.25) is 0 Å². The van der Waals surface area contributed by atoms with Crippen LogP contribution in [0, 0.1) is 3.70 Å². The minimum Gasteiger partial charge on any atom is -0.237 e. The molecule has 0 unspecified atom stereocenters. The lowest BCUT2D eigenvalue weighted by molar-refractivity contribution is -0.141. The Hall–Kier alpha value is -0.240. The van der Waals surface area contributed by atoms with Crippen molar-refractivity contribution in [1.29, 1.82) is 0 Å². The first-order valence-electron chi connectivity index (χ1n) is 5.09. The Bertz CT molecular complexity index is 650. The molecule has 0 aliphatic heterocycles. The summed E-state index contributed by atoms with van der Waals surface area (Å²) in [5.74, 6) is 0. The summed E-state index contributed by atoms with van der Waals surface area (Å²) in [5.41, 5.74) is 0.103. The van der Waals surface area contributed by atoms with Gasteiger partial charge in [-0.1, -0.05) is 34.8 Å². The van der Waals surface area contributed by atoms with E-state index in [9.17, 15) is 13.2 Å². The normalized spacial score (nSPS) is 11.8. The third kappa shape index (κ3) is 3.32. The van der Waals surface area contributed by atoms with Gasteiger partial charge in [-0.15, -0.1) is 0 Å². The van der Waals surface area contributed by atoms with Crippen LogP contribution in [0.25, 0.3) is 11.1 Å². The van der Waals surface area contributed by atoms with Gasteiger partial charge >= 0.3 is 6.18 Å². The van der Waals surface area contributed by atoms with Crippen LogP contribution in [0.5, 0.6) is 0 Å². The first kappa shape index (κ1) is 16.1. The highest BCUT2D eigenvalue weighted by Crippen LogP contribution is 2.37. The van der Waals surface area contributed by atoms with Crippen LogP contribution in [0.2, 0.25) is 15.1 Å². The molecule has 0 aliphatic carbocycles. The van der Waals surface area contributed by atoms with E-state index in [0.29, 0.717) is 11.1 Å². The molecule has 8 heteroatoms. The Balaban J connectivity index is 2.54. The first-order chi connectivity index (χ1) is 9.20. The largest absolute Gasteiger partial charge is 0.433 e. The molecule has 1 aromatic carbocycles. The summed E-state index contributed by atoms with van der Waals surface area (Å²) in [4.78, 5) is 3.55. The number of benzene rings is 1. The maximum atomic E-state index is 12.6. The van der Waals surface area contributed by atoms with Crippen molar-refractivity contribution < 1.29 is 13.2 Å². The van der Waals surface area contributed by atoms with Gasteiger partial charge in [0.15, 0.2) is 0 Å². The van der Waals surface area contributed by atoms with Crippen molar-refractivity contribution in [3.8, 4) is 11.1 Å². The number of halogens is 7. The summed E-state index contributed by atoms with van der Waals surface area (Å²) in [6, 6.07) is 5.30. The van der Waals surface area contributed by atoms with E-state index in [1.165, 1.54) is 18.2 Å². The quantitative estimate of drug-likeness (QED) is 0.280. The fourth-order valence-corrected chi connectivity index (χ4v) is 2.87. The maximum absolute atomic E-state index is 12.6. The molecule has 0 N–H and O–H groups in total. The van der Waals surface area contributed by atoms with Crippen LogP contribution in [0.3, 0.4) is 0 Å². The summed E-state index contributed by atoms with van der Waals surface area (Å²) in [6.07, 6.45) is -4.48. The third-order valence-electron chi connectivity index (χ3n) is 2.43. The number of rotatable bonds is 1. The van der Waals surface area contributed by atoms with Crippen molar-refractivity contribution in [3.63, 3.8) is 0 Å². The summed E-state index contributed by atoms with van der Waals surface area (Å²) < 4.78 is 37.9. The Morgan fingerprint density at radius 2 is 1.55 bits per heavy atom. The highest BCUT2D eigenvalue weighted by Gasteiger charge is 2.32. The molecule has 0 saturated carbocycles. The summed E-state index contributed by atoms with van der Waals surface area (Å²) in [7, 11) is 0.